The summed E-state index contributed by atoms with van der Waals surface area (Å²) in [5.41, 5.74) is 0. The molecule has 2 atom stereocenters. The van der Waals surface area contributed by atoms with E-state index in [9.17, 15) is 13.2 Å². The van der Waals surface area contributed by atoms with Crippen LogP contribution in [0.2, 0.25) is 0 Å². The summed E-state index contributed by atoms with van der Waals surface area (Å²) in [7, 11) is -3.68. The molecule has 1 aliphatic rings. The van der Waals surface area contributed by atoms with Crippen molar-refractivity contribution in [2.75, 3.05) is 6.61 Å². The van der Waals surface area contributed by atoms with Gasteiger partial charge in [-0.15, -0.1) is 11.3 Å². The van der Waals surface area contributed by atoms with Crippen LogP contribution in [0.25, 0.3) is 0 Å². The van der Waals surface area contributed by atoms with Crippen LogP contribution in [0.1, 0.15) is 37.1 Å². The van der Waals surface area contributed by atoms with E-state index in [1.54, 1.807) is 6.07 Å². The van der Waals surface area contributed by atoms with Gasteiger partial charge in [0.1, 0.15) is 4.21 Å². The number of amides is 1. The molecule has 3 N–H and O–H groups in total. The van der Waals surface area contributed by atoms with Gasteiger partial charge >= 0.3 is 0 Å². The van der Waals surface area contributed by atoms with E-state index >= 15 is 0 Å². The lowest BCUT2D eigenvalue weighted by atomic mass is 10.1. The number of carbonyl (C=O) groups is 1. The standard InChI is InChI=1S/C12H18N2O4S2/c1-8(10-4-5-12(19-10)20(13,16)17)14-11(15)7-9-3-2-6-18-9/h4-5,8-9H,2-3,6-7H2,1H3,(H,14,15)(H2,13,16,17). The van der Waals surface area contributed by atoms with Crippen LogP contribution in [-0.2, 0) is 19.6 Å². The highest BCUT2D eigenvalue weighted by atomic mass is 32.2. The fraction of sp³-hybridized carbons (Fsp3) is 0.583. The van der Waals surface area contributed by atoms with Gasteiger partial charge < -0.3 is 10.1 Å². The minimum atomic E-state index is -3.68. The molecule has 6 nitrogen and oxygen atoms in total. The van der Waals surface area contributed by atoms with E-state index in [0.717, 1.165) is 35.7 Å². The summed E-state index contributed by atoms with van der Waals surface area (Å²) in [5, 5.41) is 7.90. The summed E-state index contributed by atoms with van der Waals surface area (Å²) in [6.07, 6.45) is 2.26. The van der Waals surface area contributed by atoms with Gasteiger partial charge in [-0.3, -0.25) is 4.79 Å². The van der Waals surface area contributed by atoms with Gasteiger partial charge in [-0.1, -0.05) is 0 Å². The molecule has 2 rings (SSSR count). The van der Waals surface area contributed by atoms with E-state index in [1.807, 2.05) is 6.92 Å². The van der Waals surface area contributed by atoms with Crippen molar-refractivity contribution in [3.05, 3.63) is 17.0 Å². The predicted octanol–water partition coefficient (Wildman–Crippen LogP) is 1.14. The van der Waals surface area contributed by atoms with Gasteiger partial charge in [0.25, 0.3) is 0 Å². The van der Waals surface area contributed by atoms with Crippen LogP contribution in [0.5, 0.6) is 0 Å². The number of carbonyl (C=O) groups excluding carboxylic acids is 1. The number of hydrogen-bond donors (Lipinski definition) is 2. The van der Waals surface area contributed by atoms with Gasteiger partial charge in [0.2, 0.25) is 15.9 Å². The fourth-order valence-corrected chi connectivity index (χ4v) is 3.85. The molecule has 8 heteroatoms. The first-order valence-corrected chi connectivity index (χ1v) is 8.76. The Bertz CT molecular complexity index is 576. The maximum absolute atomic E-state index is 11.9. The molecule has 0 saturated carbocycles. The van der Waals surface area contributed by atoms with Crippen molar-refractivity contribution >= 4 is 27.3 Å². The zero-order valence-electron chi connectivity index (χ0n) is 11.2. The maximum Gasteiger partial charge on any atom is 0.247 e. The van der Waals surface area contributed by atoms with Crippen molar-refractivity contribution < 1.29 is 17.9 Å². The first-order valence-electron chi connectivity index (χ1n) is 6.40. The van der Waals surface area contributed by atoms with E-state index in [4.69, 9.17) is 9.88 Å². The Hall–Kier alpha value is -0.960. The van der Waals surface area contributed by atoms with E-state index in [-0.39, 0.29) is 22.3 Å². The van der Waals surface area contributed by atoms with Crippen molar-refractivity contribution in [2.24, 2.45) is 5.14 Å². The number of nitrogens with two attached hydrogens (primary N) is 1. The number of ether oxygens (including phenoxy) is 1. The summed E-state index contributed by atoms with van der Waals surface area (Å²) in [6, 6.07) is 2.88. The van der Waals surface area contributed by atoms with Crippen LogP contribution in [0.3, 0.4) is 0 Å². The first kappa shape index (κ1) is 15.4. The third-order valence-electron chi connectivity index (χ3n) is 3.12. The van der Waals surface area contributed by atoms with Crippen LogP contribution in [0.15, 0.2) is 16.3 Å². The van der Waals surface area contributed by atoms with E-state index in [1.165, 1.54) is 6.07 Å². The molecule has 0 aromatic carbocycles. The van der Waals surface area contributed by atoms with Crippen molar-refractivity contribution in [2.45, 2.75) is 42.5 Å². The molecule has 1 fully saturated rings. The number of primary sulfonamides is 1. The van der Waals surface area contributed by atoms with Gasteiger partial charge in [0.15, 0.2) is 0 Å². The van der Waals surface area contributed by atoms with Crippen LogP contribution in [0.4, 0.5) is 0 Å². The number of rotatable bonds is 5. The zero-order chi connectivity index (χ0) is 14.8. The summed E-state index contributed by atoms with van der Waals surface area (Å²) in [5.74, 6) is -0.0880. The molecule has 20 heavy (non-hydrogen) atoms. The Labute approximate surface area is 122 Å². The van der Waals surface area contributed by atoms with Gasteiger partial charge in [0.05, 0.1) is 18.6 Å². The van der Waals surface area contributed by atoms with Gasteiger partial charge in [-0.25, -0.2) is 13.6 Å². The molecule has 112 valence electrons. The predicted molar refractivity (Wildman–Crippen MR) is 75.8 cm³/mol. The number of hydrogen-bond acceptors (Lipinski definition) is 5. The Morgan fingerprint density at radius 3 is 2.90 bits per heavy atom. The Morgan fingerprint density at radius 1 is 1.60 bits per heavy atom. The van der Waals surface area contributed by atoms with Crippen LogP contribution in [-0.4, -0.2) is 27.0 Å². The fourth-order valence-electron chi connectivity index (χ4n) is 2.10. The summed E-state index contributed by atoms with van der Waals surface area (Å²) >= 11 is 1.07. The first-order chi connectivity index (χ1) is 9.36. The molecule has 0 bridgehead atoms. The van der Waals surface area contributed by atoms with Gasteiger partial charge in [-0.05, 0) is 31.9 Å². The Kier molecular flexibility index (Phi) is 4.79. The quantitative estimate of drug-likeness (QED) is 0.850. The average Bonchev–Trinajstić information content (AvgIpc) is 2.97. The summed E-state index contributed by atoms with van der Waals surface area (Å²) in [4.78, 5) is 12.6. The van der Waals surface area contributed by atoms with E-state index in [0.29, 0.717) is 6.42 Å². The van der Waals surface area contributed by atoms with Crippen molar-refractivity contribution in [1.29, 1.82) is 0 Å². The molecule has 0 spiro atoms. The van der Waals surface area contributed by atoms with Crippen LogP contribution >= 0.6 is 11.3 Å². The van der Waals surface area contributed by atoms with Crippen molar-refractivity contribution in [3.63, 3.8) is 0 Å². The van der Waals surface area contributed by atoms with E-state index in [2.05, 4.69) is 5.32 Å². The molecule has 1 aromatic rings. The second-order valence-corrected chi connectivity index (χ2v) is 7.73. The molecule has 0 radical (unpaired) electrons. The monoisotopic (exact) mass is 318 g/mol. The zero-order valence-corrected chi connectivity index (χ0v) is 12.8. The highest BCUT2D eigenvalue weighted by Gasteiger charge is 2.21. The van der Waals surface area contributed by atoms with Crippen LogP contribution in [0, 0.1) is 0 Å². The van der Waals surface area contributed by atoms with Crippen molar-refractivity contribution in [1.82, 2.24) is 5.32 Å². The van der Waals surface area contributed by atoms with Gasteiger partial charge in [-0.2, -0.15) is 0 Å². The lowest BCUT2D eigenvalue weighted by molar-refractivity contribution is -0.123. The second kappa shape index (κ2) is 6.21. The molecule has 2 unspecified atom stereocenters. The minimum absolute atomic E-state index is 0.00511. The lowest BCUT2D eigenvalue weighted by Gasteiger charge is -2.14. The largest absolute Gasteiger partial charge is 0.378 e. The molecule has 0 aliphatic carbocycles. The topological polar surface area (TPSA) is 98.5 Å². The van der Waals surface area contributed by atoms with E-state index < -0.39 is 10.0 Å². The molecule has 1 saturated heterocycles. The summed E-state index contributed by atoms with van der Waals surface area (Å²) in [6.45, 7) is 2.53. The van der Waals surface area contributed by atoms with Gasteiger partial charge in [0, 0.05) is 11.5 Å². The Morgan fingerprint density at radius 2 is 2.35 bits per heavy atom. The highest BCUT2D eigenvalue weighted by Crippen LogP contribution is 2.26. The molecule has 1 aromatic heterocycles. The lowest BCUT2D eigenvalue weighted by Crippen LogP contribution is -2.29. The smallest absolute Gasteiger partial charge is 0.247 e. The third kappa shape index (κ3) is 4.02. The maximum atomic E-state index is 11.9. The highest BCUT2D eigenvalue weighted by molar-refractivity contribution is 7.91. The molecular formula is C12H18N2O4S2. The van der Waals surface area contributed by atoms with Crippen molar-refractivity contribution in [3.8, 4) is 0 Å². The SMILES string of the molecule is CC(NC(=O)CC1CCCO1)c1ccc(S(N)(=O)=O)s1. The number of sulfonamides is 1. The molecule has 2 heterocycles. The molecule has 1 aliphatic heterocycles. The third-order valence-corrected chi connectivity index (χ3v) is 5.83. The molecular weight excluding hydrogens is 300 g/mol. The number of thiophene rings is 1. The molecule has 1 amide bonds. The Balaban J connectivity index is 1.92. The second-order valence-electron chi connectivity index (χ2n) is 4.83. The normalized spacial score (nSPS) is 20.8. The summed E-state index contributed by atoms with van der Waals surface area (Å²) < 4.78 is 27.9. The van der Waals surface area contributed by atoms with Crippen LogP contribution < -0.4 is 10.5 Å². The average molecular weight is 318 g/mol. The number of nitrogens with one attached hydrogen (secondary N) is 1. The minimum Gasteiger partial charge on any atom is -0.378 e.